The van der Waals surface area contributed by atoms with Gasteiger partial charge in [-0.1, -0.05) is 6.07 Å². The van der Waals surface area contributed by atoms with Crippen LogP contribution in [-0.2, 0) is 6.42 Å². The molecule has 0 radical (unpaired) electrons. The van der Waals surface area contributed by atoms with Gasteiger partial charge in [0.2, 0.25) is 0 Å². The zero-order valence-corrected chi connectivity index (χ0v) is 18.7. The lowest BCUT2D eigenvalue weighted by molar-refractivity contribution is 0.0669. The number of carboxylic acids is 1. The Kier molecular flexibility index (Phi) is 5.52. The number of aliphatic hydroxyl groups is 1. The van der Waals surface area contributed by atoms with Crippen LogP contribution in [0.2, 0.25) is 0 Å². The Morgan fingerprint density at radius 3 is 2.79 bits per heavy atom. The molecule has 176 valence electrons. The predicted molar refractivity (Wildman–Crippen MR) is 121 cm³/mol. The molecule has 1 aliphatic heterocycles. The molecule has 3 aromatic rings. The average Bonchev–Trinajstić information content (AvgIpc) is 3.57. The number of nitrogens with one attached hydrogen (secondary N) is 1. The van der Waals surface area contributed by atoms with Crippen molar-refractivity contribution in [3.63, 3.8) is 0 Å². The fourth-order valence-corrected chi connectivity index (χ4v) is 5.12. The molecule has 2 amide bonds. The third kappa shape index (κ3) is 3.60. The van der Waals surface area contributed by atoms with Crippen molar-refractivity contribution in [3.8, 4) is 0 Å². The monoisotopic (exact) mass is 463 g/mol. The lowest BCUT2D eigenvalue weighted by Crippen LogP contribution is -2.38. The molecule has 1 aliphatic carbocycles. The number of aromatic nitrogens is 3. The summed E-state index contributed by atoms with van der Waals surface area (Å²) in [4.78, 5) is 43.9. The number of rotatable bonds is 5. The molecular weight excluding hydrogens is 438 g/mol. The van der Waals surface area contributed by atoms with Crippen LogP contribution in [0.1, 0.15) is 73.3 Å². The quantitative estimate of drug-likeness (QED) is 0.524. The maximum atomic E-state index is 13.3. The number of nitrogens with zero attached hydrogens (tertiary/aromatic N) is 4. The van der Waals surface area contributed by atoms with Crippen LogP contribution in [0.3, 0.4) is 0 Å². The molecule has 2 aromatic heterocycles. The van der Waals surface area contributed by atoms with Crippen LogP contribution in [-0.4, -0.2) is 66.7 Å². The van der Waals surface area contributed by atoms with Crippen molar-refractivity contribution in [2.45, 2.75) is 44.7 Å². The van der Waals surface area contributed by atoms with E-state index in [-0.39, 0.29) is 41.5 Å². The van der Waals surface area contributed by atoms with Crippen molar-refractivity contribution in [3.05, 3.63) is 64.1 Å². The minimum Gasteiger partial charge on any atom is -0.478 e. The fraction of sp³-hybridized carbons (Fsp3) is 0.375. The minimum atomic E-state index is -0.968. The molecule has 1 fully saturated rings. The smallest absolute Gasteiger partial charge is 0.335 e. The summed E-state index contributed by atoms with van der Waals surface area (Å²) < 4.78 is 1.40. The van der Waals surface area contributed by atoms with Crippen molar-refractivity contribution in [1.29, 1.82) is 0 Å². The Labute approximate surface area is 195 Å². The number of carboxylic acid groups (broad SMARTS) is 1. The first-order valence-corrected chi connectivity index (χ1v) is 11.3. The molecule has 3 heterocycles. The van der Waals surface area contributed by atoms with E-state index in [4.69, 9.17) is 0 Å². The standard InChI is InChI=1S/C24H25N5O5/c1-13-15-6-7-18(17(15)5-4-16(13)24(33)34)27-22(31)20-11-19(26-21-8-9-25-29(20)21)23(32)28-10-2-3-14(28)12-30/h4-5,8-9,11,14,18,30H,2-3,6-7,10,12H2,1H3,(H,27,31)(H,33,34)/t14-,18-/m0/s1. The number of aromatic carboxylic acids is 1. The van der Waals surface area contributed by atoms with E-state index in [9.17, 15) is 24.6 Å². The Balaban J connectivity index is 1.45. The molecular formula is C24H25N5O5. The van der Waals surface area contributed by atoms with Gasteiger partial charge in [-0.15, -0.1) is 0 Å². The van der Waals surface area contributed by atoms with Gasteiger partial charge in [0.1, 0.15) is 11.4 Å². The van der Waals surface area contributed by atoms with E-state index in [1.54, 1.807) is 30.0 Å². The number of benzene rings is 1. The Hall–Kier alpha value is -3.79. The van der Waals surface area contributed by atoms with Crippen molar-refractivity contribution in [2.24, 2.45) is 0 Å². The normalized spacial score (nSPS) is 19.4. The number of likely N-dealkylation sites (tertiary alicyclic amines) is 1. The van der Waals surface area contributed by atoms with E-state index in [1.807, 2.05) is 0 Å². The number of amides is 2. The minimum absolute atomic E-state index is 0.113. The van der Waals surface area contributed by atoms with Crippen LogP contribution >= 0.6 is 0 Å². The highest BCUT2D eigenvalue weighted by atomic mass is 16.4. The zero-order valence-electron chi connectivity index (χ0n) is 18.7. The highest BCUT2D eigenvalue weighted by Gasteiger charge is 2.32. The van der Waals surface area contributed by atoms with Crippen LogP contribution in [0.25, 0.3) is 5.65 Å². The van der Waals surface area contributed by atoms with Crippen molar-refractivity contribution in [1.82, 2.24) is 24.8 Å². The molecule has 34 heavy (non-hydrogen) atoms. The zero-order chi connectivity index (χ0) is 24.0. The maximum absolute atomic E-state index is 13.3. The molecule has 0 spiro atoms. The van der Waals surface area contributed by atoms with Gasteiger partial charge in [0, 0.05) is 18.7 Å². The topological polar surface area (TPSA) is 137 Å². The molecule has 0 bridgehead atoms. The van der Waals surface area contributed by atoms with Crippen LogP contribution in [0.15, 0.2) is 30.5 Å². The Morgan fingerprint density at radius 2 is 2.03 bits per heavy atom. The van der Waals surface area contributed by atoms with Gasteiger partial charge in [-0.25, -0.2) is 14.3 Å². The van der Waals surface area contributed by atoms with Gasteiger partial charge in [0.25, 0.3) is 11.8 Å². The van der Waals surface area contributed by atoms with Crippen LogP contribution in [0.4, 0.5) is 0 Å². The second kappa shape index (κ2) is 8.53. The van der Waals surface area contributed by atoms with Crippen molar-refractivity contribution >= 4 is 23.4 Å². The third-order valence-electron chi connectivity index (χ3n) is 6.89. The molecule has 10 nitrogen and oxygen atoms in total. The van der Waals surface area contributed by atoms with Crippen LogP contribution < -0.4 is 5.32 Å². The molecule has 1 aromatic carbocycles. The lowest BCUT2D eigenvalue weighted by atomic mass is 9.98. The first kappa shape index (κ1) is 22.0. The Morgan fingerprint density at radius 1 is 1.21 bits per heavy atom. The number of hydrogen-bond donors (Lipinski definition) is 3. The summed E-state index contributed by atoms with van der Waals surface area (Å²) in [5.41, 5.74) is 3.54. The first-order chi connectivity index (χ1) is 16.4. The highest BCUT2D eigenvalue weighted by molar-refractivity contribution is 5.98. The second-order valence-corrected chi connectivity index (χ2v) is 8.78. The van der Waals surface area contributed by atoms with Crippen LogP contribution in [0.5, 0.6) is 0 Å². The number of hydrogen-bond acceptors (Lipinski definition) is 6. The second-order valence-electron chi connectivity index (χ2n) is 8.78. The summed E-state index contributed by atoms with van der Waals surface area (Å²) in [6.45, 7) is 2.21. The predicted octanol–water partition coefficient (Wildman–Crippen LogP) is 1.75. The summed E-state index contributed by atoms with van der Waals surface area (Å²) >= 11 is 0. The van der Waals surface area contributed by atoms with Gasteiger partial charge in [0.05, 0.1) is 30.5 Å². The highest BCUT2D eigenvalue weighted by Crippen LogP contribution is 2.35. The molecule has 3 N–H and O–H groups in total. The first-order valence-electron chi connectivity index (χ1n) is 11.3. The van der Waals surface area contributed by atoms with E-state index in [1.165, 1.54) is 16.8 Å². The summed E-state index contributed by atoms with van der Waals surface area (Å²) in [5.74, 6) is -1.69. The fourth-order valence-electron chi connectivity index (χ4n) is 5.12. The molecule has 0 saturated carbocycles. The summed E-state index contributed by atoms with van der Waals surface area (Å²) in [6, 6.07) is 5.88. The molecule has 2 atom stereocenters. The van der Waals surface area contributed by atoms with Gasteiger partial charge in [-0.05, 0) is 55.4 Å². The summed E-state index contributed by atoms with van der Waals surface area (Å²) in [5, 5.41) is 26.2. The summed E-state index contributed by atoms with van der Waals surface area (Å²) in [6.07, 6.45) is 4.37. The average molecular weight is 463 g/mol. The SMILES string of the molecule is Cc1c(C(=O)O)ccc2c1CC[C@@H]2NC(=O)c1cc(C(=O)N2CCC[C@H]2CO)nc2ccnn12. The van der Waals surface area contributed by atoms with Crippen molar-refractivity contribution in [2.75, 3.05) is 13.2 Å². The number of aliphatic hydroxyl groups excluding tert-OH is 1. The van der Waals surface area contributed by atoms with E-state index < -0.39 is 11.9 Å². The van der Waals surface area contributed by atoms with Crippen LogP contribution in [0, 0.1) is 6.92 Å². The van der Waals surface area contributed by atoms with E-state index >= 15 is 0 Å². The van der Waals surface area contributed by atoms with E-state index in [0.29, 0.717) is 25.0 Å². The van der Waals surface area contributed by atoms with Crippen molar-refractivity contribution < 1.29 is 24.6 Å². The largest absolute Gasteiger partial charge is 0.478 e. The third-order valence-corrected chi connectivity index (χ3v) is 6.89. The molecule has 10 heteroatoms. The maximum Gasteiger partial charge on any atom is 0.335 e. The van der Waals surface area contributed by atoms with E-state index in [0.717, 1.165) is 29.5 Å². The molecule has 0 unspecified atom stereocenters. The van der Waals surface area contributed by atoms with Gasteiger partial charge < -0.3 is 20.4 Å². The van der Waals surface area contributed by atoms with Gasteiger partial charge in [-0.3, -0.25) is 9.59 Å². The lowest BCUT2D eigenvalue weighted by Gasteiger charge is -2.23. The Bertz CT molecular complexity index is 1320. The number of fused-ring (bicyclic) bond motifs is 2. The molecule has 1 saturated heterocycles. The molecule has 5 rings (SSSR count). The molecule has 2 aliphatic rings. The number of carbonyl (C=O) groups is 3. The van der Waals surface area contributed by atoms with E-state index in [2.05, 4.69) is 15.4 Å². The van der Waals surface area contributed by atoms with Gasteiger partial charge >= 0.3 is 5.97 Å². The van der Waals surface area contributed by atoms with Gasteiger partial charge in [0.15, 0.2) is 5.65 Å². The summed E-state index contributed by atoms with van der Waals surface area (Å²) in [7, 11) is 0. The number of carbonyl (C=O) groups excluding carboxylic acids is 2. The van der Waals surface area contributed by atoms with Gasteiger partial charge in [-0.2, -0.15) is 5.10 Å².